The highest BCUT2D eigenvalue weighted by molar-refractivity contribution is 7.09. The molecule has 16 heavy (non-hydrogen) atoms. The third-order valence-electron chi connectivity index (χ3n) is 2.73. The fraction of sp³-hybridized carbons (Fsp3) is 0.143. The van der Waals surface area contributed by atoms with Gasteiger partial charge in [-0.25, -0.2) is 0 Å². The molecule has 0 N–H and O–H groups in total. The second-order valence-electron chi connectivity index (χ2n) is 3.80. The van der Waals surface area contributed by atoms with Gasteiger partial charge in [-0.05, 0) is 29.5 Å². The van der Waals surface area contributed by atoms with Gasteiger partial charge in [0.25, 0.3) is 0 Å². The van der Waals surface area contributed by atoms with E-state index in [1.54, 1.807) is 11.3 Å². The first-order valence-corrected chi connectivity index (χ1v) is 6.25. The second-order valence-corrected chi connectivity index (χ2v) is 4.84. The number of fused-ring (bicyclic) bond motifs is 1. The maximum atomic E-state index is 5.85. The molecule has 1 nitrogen and oxygen atoms in total. The van der Waals surface area contributed by atoms with Crippen LogP contribution in [0.2, 0.25) is 0 Å². The normalized spacial score (nSPS) is 12.8. The van der Waals surface area contributed by atoms with E-state index in [4.69, 9.17) is 4.74 Å². The largest absolute Gasteiger partial charge is 0.487 e. The van der Waals surface area contributed by atoms with Crippen LogP contribution in [0.4, 0.5) is 0 Å². The number of benzene rings is 1. The Morgan fingerprint density at radius 1 is 1.19 bits per heavy atom. The molecule has 1 aliphatic carbocycles. The lowest BCUT2D eigenvalue weighted by Crippen LogP contribution is -1.95. The Labute approximate surface area is 99.0 Å². The number of hydrogen-bond donors (Lipinski definition) is 0. The van der Waals surface area contributed by atoms with Crippen LogP contribution in [0, 0.1) is 0 Å². The van der Waals surface area contributed by atoms with Crippen LogP contribution in [-0.4, -0.2) is 0 Å². The highest BCUT2D eigenvalue weighted by Crippen LogP contribution is 2.29. The topological polar surface area (TPSA) is 9.23 Å². The summed E-state index contributed by atoms with van der Waals surface area (Å²) in [5.74, 6) is 1.000. The van der Waals surface area contributed by atoms with Gasteiger partial charge in [-0.1, -0.05) is 30.4 Å². The molecule has 3 rings (SSSR count). The maximum Gasteiger partial charge on any atom is 0.127 e. The first-order valence-electron chi connectivity index (χ1n) is 5.37. The molecule has 0 atom stereocenters. The molecule has 0 saturated heterocycles. The molecule has 0 amide bonds. The van der Waals surface area contributed by atoms with Gasteiger partial charge in [-0.15, -0.1) is 11.3 Å². The van der Waals surface area contributed by atoms with Crippen LogP contribution in [0.1, 0.15) is 16.0 Å². The van der Waals surface area contributed by atoms with Gasteiger partial charge < -0.3 is 4.74 Å². The second kappa shape index (κ2) is 4.14. The summed E-state index contributed by atoms with van der Waals surface area (Å²) in [6.07, 6.45) is 5.37. The van der Waals surface area contributed by atoms with Crippen molar-refractivity contribution >= 4 is 17.4 Å². The van der Waals surface area contributed by atoms with Crippen LogP contribution in [0.15, 0.2) is 41.8 Å². The molecule has 0 fully saturated rings. The molecular formula is C14H12OS. The van der Waals surface area contributed by atoms with E-state index in [2.05, 4.69) is 41.8 Å². The van der Waals surface area contributed by atoms with Crippen LogP contribution in [0.25, 0.3) is 6.08 Å². The van der Waals surface area contributed by atoms with Gasteiger partial charge in [0.05, 0.1) is 0 Å². The molecule has 0 aliphatic heterocycles. The first-order chi connectivity index (χ1) is 7.93. The van der Waals surface area contributed by atoms with E-state index in [9.17, 15) is 0 Å². The van der Waals surface area contributed by atoms with Gasteiger partial charge in [0.1, 0.15) is 12.4 Å². The van der Waals surface area contributed by atoms with Crippen LogP contribution in [0.3, 0.4) is 0 Å². The minimum Gasteiger partial charge on any atom is -0.487 e. The number of ether oxygens (including phenoxy) is 1. The Morgan fingerprint density at radius 2 is 2.19 bits per heavy atom. The minimum atomic E-state index is 0.669. The predicted molar refractivity (Wildman–Crippen MR) is 67.8 cm³/mol. The van der Waals surface area contributed by atoms with Crippen LogP contribution < -0.4 is 4.74 Å². The van der Waals surface area contributed by atoms with Crippen LogP contribution >= 0.6 is 11.3 Å². The van der Waals surface area contributed by atoms with E-state index in [0.717, 1.165) is 12.2 Å². The molecule has 1 aliphatic rings. The lowest BCUT2D eigenvalue weighted by Gasteiger charge is -2.09. The molecule has 1 heterocycles. The van der Waals surface area contributed by atoms with Gasteiger partial charge in [0.15, 0.2) is 0 Å². The molecule has 0 spiro atoms. The fourth-order valence-corrected chi connectivity index (χ4v) is 2.55. The number of hydrogen-bond acceptors (Lipinski definition) is 2. The Kier molecular flexibility index (Phi) is 2.50. The number of thiophene rings is 1. The molecule has 0 radical (unpaired) electrons. The third-order valence-corrected chi connectivity index (χ3v) is 3.58. The van der Waals surface area contributed by atoms with E-state index in [-0.39, 0.29) is 0 Å². The molecule has 80 valence electrons. The van der Waals surface area contributed by atoms with Crippen molar-refractivity contribution in [1.82, 2.24) is 0 Å². The van der Waals surface area contributed by atoms with E-state index in [1.165, 1.54) is 16.0 Å². The van der Waals surface area contributed by atoms with Crippen molar-refractivity contribution in [2.24, 2.45) is 0 Å². The molecule has 0 saturated carbocycles. The predicted octanol–water partition coefficient (Wildman–Crippen LogP) is 3.90. The molecule has 2 aromatic rings. The standard InChI is InChI=1S/C14H12OS/c1-4-11-5-2-8-14(13(11)7-1)15-10-12-6-3-9-16-12/h1-3,5-9H,4,10H2. The van der Waals surface area contributed by atoms with Gasteiger partial charge in [-0.3, -0.25) is 0 Å². The highest BCUT2D eigenvalue weighted by Gasteiger charge is 2.10. The fourth-order valence-electron chi connectivity index (χ4n) is 1.93. The Balaban J connectivity index is 1.80. The zero-order chi connectivity index (χ0) is 10.8. The summed E-state index contributed by atoms with van der Waals surface area (Å²) in [5, 5.41) is 2.08. The Morgan fingerprint density at radius 3 is 3.06 bits per heavy atom. The maximum absolute atomic E-state index is 5.85. The number of allylic oxidation sites excluding steroid dienone is 1. The van der Waals surface area contributed by atoms with Gasteiger partial charge in [-0.2, -0.15) is 0 Å². The average Bonchev–Trinajstić information content (AvgIpc) is 2.97. The zero-order valence-electron chi connectivity index (χ0n) is 8.85. The molecule has 1 aromatic carbocycles. The van der Waals surface area contributed by atoms with Crippen molar-refractivity contribution in [2.45, 2.75) is 13.0 Å². The van der Waals surface area contributed by atoms with E-state index < -0.39 is 0 Å². The zero-order valence-corrected chi connectivity index (χ0v) is 9.67. The summed E-state index contributed by atoms with van der Waals surface area (Å²) in [6.45, 7) is 0.669. The molecule has 2 heteroatoms. The molecule has 1 aromatic heterocycles. The summed E-state index contributed by atoms with van der Waals surface area (Å²) in [7, 11) is 0. The SMILES string of the molecule is C1=Cc2c(cccc2OCc2cccs2)C1. The monoisotopic (exact) mass is 228 g/mol. The summed E-state index contributed by atoms with van der Waals surface area (Å²) in [5.41, 5.74) is 2.61. The van der Waals surface area contributed by atoms with Crippen molar-refractivity contribution in [1.29, 1.82) is 0 Å². The quantitative estimate of drug-likeness (QED) is 0.774. The van der Waals surface area contributed by atoms with Gasteiger partial charge in [0.2, 0.25) is 0 Å². The van der Waals surface area contributed by atoms with Gasteiger partial charge >= 0.3 is 0 Å². The average molecular weight is 228 g/mol. The lowest BCUT2D eigenvalue weighted by molar-refractivity contribution is 0.309. The van der Waals surface area contributed by atoms with Crippen molar-refractivity contribution in [3.8, 4) is 5.75 Å². The minimum absolute atomic E-state index is 0.669. The van der Waals surface area contributed by atoms with E-state index in [0.29, 0.717) is 6.61 Å². The first kappa shape index (κ1) is 9.67. The molecule has 0 bridgehead atoms. The molecule has 0 unspecified atom stereocenters. The van der Waals surface area contributed by atoms with E-state index in [1.807, 2.05) is 6.07 Å². The molecular weight excluding hydrogens is 216 g/mol. The third kappa shape index (κ3) is 1.76. The van der Waals surface area contributed by atoms with Crippen molar-refractivity contribution in [3.63, 3.8) is 0 Å². The Bertz CT molecular complexity index is 512. The summed E-state index contributed by atoms with van der Waals surface area (Å²) < 4.78 is 5.85. The van der Waals surface area contributed by atoms with Crippen molar-refractivity contribution in [3.05, 3.63) is 57.8 Å². The smallest absolute Gasteiger partial charge is 0.127 e. The van der Waals surface area contributed by atoms with Gasteiger partial charge in [0, 0.05) is 10.4 Å². The summed E-state index contributed by atoms with van der Waals surface area (Å²) in [6, 6.07) is 10.4. The van der Waals surface area contributed by atoms with Crippen LogP contribution in [-0.2, 0) is 13.0 Å². The van der Waals surface area contributed by atoms with Crippen LogP contribution in [0.5, 0.6) is 5.75 Å². The highest BCUT2D eigenvalue weighted by atomic mass is 32.1. The van der Waals surface area contributed by atoms with E-state index >= 15 is 0 Å². The number of rotatable bonds is 3. The van der Waals surface area contributed by atoms with Crippen molar-refractivity contribution in [2.75, 3.05) is 0 Å². The summed E-state index contributed by atoms with van der Waals surface area (Å²) in [4.78, 5) is 1.26. The lowest BCUT2D eigenvalue weighted by atomic mass is 10.1. The summed E-state index contributed by atoms with van der Waals surface area (Å²) >= 11 is 1.73. The Hall–Kier alpha value is -1.54. The van der Waals surface area contributed by atoms with Crippen molar-refractivity contribution < 1.29 is 4.74 Å².